The van der Waals surface area contributed by atoms with Crippen molar-refractivity contribution in [1.82, 2.24) is 4.90 Å². The fourth-order valence-electron chi connectivity index (χ4n) is 5.56. The molecule has 2 saturated heterocycles. The predicted octanol–water partition coefficient (Wildman–Crippen LogP) is 2.83. The van der Waals surface area contributed by atoms with Crippen molar-refractivity contribution < 1.29 is 33.9 Å². The van der Waals surface area contributed by atoms with E-state index < -0.39 is 48.9 Å². The first-order valence-corrected chi connectivity index (χ1v) is 10.9. The molecule has 3 aliphatic rings. The average Bonchev–Trinajstić information content (AvgIpc) is 3.00. The third-order valence-corrected chi connectivity index (χ3v) is 7.09. The molecule has 4 rings (SSSR count). The number of carbonyl (C=O) groups excluding carboxylic acids is 3. The largest absolute Gasteiger partial charge is 0.507 e. The lowest BCUT2D eigenvalue weighted by Gasteiger charge is -2.43. The van der Waals surface area contributed by atoms with Crippen molar-refractivity contribution in [3.8, 4) is 5.75 Å². The molecule has 0 radical (unpaired) electrons. The van der Waals surface area contributed by atoms with Crippen LogP contribution in [0.3, 0.4) is 0 Å². The summed E-state index contributed by atoms with van der Waals surface area (Å²) in [6.07, 6.45) is -0.828. The summed E-state index contributed by atoms with van der Waals surface area (Å²) in [7, 11) is -0.0840. The number of likely N-dealkylation sites (tertiary alicyclic amines) is 1. The number of ether oxygens (including phenoxy) is 1. The molecule has 8 nitrogen and oxygen atoms in total. The van der Waals surface area contributed by atoms with Gasteiger partial charge in [0.25, 0.3) is 0 Å². The van der Waals surface area contributed by atoms with Crippen molar-refractivity contribution in [2.24, 2.45) is 23.7 Å². The van der Waals surface area contributed by atoms with Crippen molar-refractivity contribution in [3.05, 3.63) is 39.9 Å². The van der Waals surface area contributed by atoms with Gasteiger partial charge >= 0.3 is 13.2 Å². The molecule has 2 N–H and O–H groups in total. The van der Waals surface area contributed by atoms with Crippen LogP contribution >= 0.6 is 0 Å². The first-order chi connectivity index (χ1) is 15.1. The van der Waals surface area contributed by atoms with Gasteiger partial charge in [0.15, 0.2) is 0 Å². The summed E-state index contributed by atoms with van der Waals surface area (Å²) < 4.78 is 10.7. The zero-order chi connectivity index (χ0) is 23.5. The normalized spacial score (nSPS) is 27.7. The molecular formula is C23H28BNO7. The number of nitrogens with zero attached hydrogens (tertiary/aromatic N) is 1. The number of imide groups is 3. The number of amides is 3. The molecule has 1 aromatic carbocycles. The Morgan fingerprint density at radius 3 is 2.38 bits per heavy atom. The zero-order valence-corrected chi connectivity index (χ0v) is 18.9. The van der Waals surface area contributed by atoms with Gasteiger partial charge in [-0.2, -0.15) is 4.90 Å². The van der Waals surface area contributed by atoms with Crippen LogP contribution in [0.25, 0.3) is 0 Å². The van der Waals surface area contributed by atoms with Crippen molar-refractivity contribution in [2.75, 3.05) is 7.11 Å². The van der Waals surface area contributed by atoms with Crippen LogP contribution < -0.4 is 0 Å². The summed E-state index contributed by atoms with van der Waals surface area (Å²) in [5.41, 5.74) is 3.71. The molecule has 0 unspecified atom stereocenters. The van der Waals surface area contributed by atoms with Crippen LogP contribution in [0.2, 0.25) is 0 Å². The molecule has 0 spiro atoms. The Bertz CT molecular complexity index is 1010. The Labute approximate surface area is 187 Å². The summed E-state index contributed by atoms with van der Waals surface area (Å²) in [6, 6.07) is 3.61. The number of hydrogen-bond acceptors (Lipinski definition) is 7. The van der Waals surface area contributed by atoms with Crippen LogP contribution in [0, 0.1) is 37.5 Å². The second kappa shape index (κ2) is 8.05. The van der Waals surface area contributed by atoms with Gasteiger partial charge in [-0.15, -0.1) is 0 Å². The fourth-order valence-corrected chi connectivity index (χ4v) is 5.56. The van der Waals surface area contributed by atoms with Crippen LogP contribution in [0.15, 0.2) is 23.2 Å². The van der Waals surface area contributed by atoms with Crippen LogP contribution in [0.4, 0.5) is 4.79 Å². The van der Waals surface area contributed by atoms with Gasteiger partial charge in [0.2, 0.25) is 11.8 Å². The Balaban J connectivity index is 1.78. The molecule has 4 atom stereocenters. The predicted molar refractivity (Wildman–Crippen MR) is 115 cm³/mol. The lowest BCUT2D eigenvalue weighted by molar-refractivity contribution is -0.137. The molecule has 2 heterocycles. The maximum atomic E-state index is 13.2. The number of phenols is 1. The highest BCUT2D eigenvalue weighted by Crippen LogP contribution is 2.52. The van der Waals surface area contributed by atoms with E-state index in [0.29, 0.717) is 34.3 Å². The van der Waals surface area contributed by atoms with E-state index in [1.54, 1.807) is 26.0 Å². The highest BCUT2D eigenvalue weighted by atomic mass is 16.5. The van der Waals surface area contributed by atoms with E-state index >= 15 is 0 Å². The van der Waals surface area contributed by atoms with Crippen molar-refractivity contribution in [3.63, 3.8) is 0 Å². The van der Waals surface area contributed by atoms with Crippen LogP contribution in [0.1, 0.15) is 49.5 Å². The number of aryl methyl sites for hydroxylation is 2. The van der Waals surface area contributed by atoms with Crippen LogP contribution in [-0.4, -0.2) is 47.2 Å². The molecule has 0 saturated carbocycles. The SMILES string of the molecule is COC(=O)N1C(=O)[C@H]2[C@H](CC(C(C)C)=C3B(O)O[C@H](c4cc(C)c(O)c(C)c4)C[C@H]32)C1=O. The quantitative estimate of drug-likeness (QED) is 0.536. The molecule has 2 fully saturated rings. The Morgan fingerprint density at radius 1 is 1.19 bits per heavy atom. The minimum atomic E-state index is -1.22. The second-order valence-electron chi connectivity index (χ2n) is 9.28. The zero-order valence-electron chi connectivity index (χ0n) is 18.9. The smallest absolute Gasteiger partial charge is 0.487 e. The molecule has 0 bridgehead atoms. The number of aromatic hydroxyl groups is 1. The summed E-state index contributed by atoms with van der Waals surface area (Å²) in [5, 5.41) is 21.1. The standard InChI is InChI=1S/C23H28BNO7/c1-10(2)14-8-16-18(22(28)25(21(16)27)23(29)31-5)15-9-17(32-24(30)19(14)15)13-6-11(3)20(26)12(4)7-13/h6-7,10,15-18,26,30H,8-9H2,1-5H3/t15-,16-,17-,18+/m0/s1. The fraction of sp³-hybridized carbons (Fsp3) is 0.522. The molecule has 3 amide bonds. The van der Waals surface area contributed by atoms with Gasteiger partial charge < -0.3 is 19.5 Å². The van der Waals surface area contributed by atoms with Gasteiger partial charge in [-0.3, -0.25) is 9.59 Å². The number of allylic oxidation sites excluding steroid dienone is 2. The van der Waals surface area contributed by atoms with Crippen molar-refractivity contribution >= 4 is 25.0 Å². The maximum absolute atomic E-state index is 13.2. The summed E-state index contributed by atoms with van der Waals surface area (Å²) >= 11 is 0. The molecule has 9 heteroatoms. The van der Waals surface area contributed by atoms with Gasteiger partial charge in [-0.25, -0.2) is 4.79 Å². The summed E-state index contributed by atoms with van der Waals surface area (Å²) in [5.74, 6) is -2.74. The molecule has 1 aromatic rings. The molecule has 1 aliphatic carbocycles. The van der Waals surface area contributed by atoms with Gasteiger partial charge in [0.1, 0.15) is 5.75 Å². The van der Waals surface area contributed by atoms with Crippen LogP contribution in [0.5, 0.6) is 5.75 Å². The van der Waals surface area contributed by atoms with E-state index in [9.17, 15) is 24.5 Å². The third kappa shape index (κ3) is 3.35. The topological polar surface area (TPSA) is 113 Å². The molecule has 170 valence electrons. The van der Waals surface area contributed by atoms with Gasteiger partial charge in [-0.1, -0.05) is 19.4 Å². The summed E-state index contributed by atoms with van der Waals surface area (Å²) in [6.45, 7) is 7.53. The monoisotopic (exact) mass is 441 g/mol. The maximum Gasteiger partial charge on any atom is 0.487 e. The lowest BCUT2D eigenvalue weighted by Crippen LogP contribution is -2.45. The number of benzene rings is 1. The number of carbonyl (C=O) groups is 3. The first kappa shape index (κ1) is 22.5. The van der Waals surface area contributed by atoms with Gasteiger partial charge in [0.05, 0.1) is 25.0 Å². The minimum Gasteiger partial charge on any atom is -0.507 e. The number of phenolic OH excluding ortho intramolecular Hbond substituents is 1. The Hall–Kier alpha value is -2.65. The molecule has 32 heavy (non-hydrogen) atoms. The average molecular weight is 441 g/mol. The van der Waals surface area contributed by atoms with Crippen LogP contribution in [-0.2, 0) is 19.0 Å². The minimum absolute atomic E-state index is 0.0384. The molecule has 2 aliphatic heterocycles. The molecular weight excluding hydrogens is 413 g/mol. The van der Waals surface area contributed by atoms with E-state index in [-0.39, 0.29) is 11.7 Å². The van der Waals surface area contributed by atoms with E-state index in [4.69, 9.17) is 4.65 Å². The Kier molecular flexibility index (Phi) is 5.67. The van der Waals surface area contributed by atoms with Crippen molar-refractivity contribution in [1.29, 1.82) is 0 Å². The summed E-state index contributed by atoms with van der Waals surface area (Å²) in [4.78, 5) is 39.0. The Morgan fingerprint density at radius 2 is 1.81 bits per heavy atom. The lowest BCUT2D eigenvalue weighted by atomic mass is 9.54. The van der Waals surface area contributed by atoms with E-state index in [2.05, 4.69) is 4.74 Å². The number of fused-ring (bicyclic) bond motifs is 3. The first-order valence-electron chi connectivity index (χ1n) is 10.9. The van der Waals surface area contributed by atoms with E-state index in [1.807, 2.05) is 13.8 Å². The second-order valence-corrected chi connectivity index (χ2v) is 9.28. The highest BCUT2D eigenvalue weighted by molar-refractivity contribution is 6.53. The highest BCUT2D eigenvalue weighted by Gasteiger charge is 2.59. The third-order valence-electron chi connectivity index (χ3n) is 7.09. The molecule has 0 aromatic heterocycles. The number of methoxy groups -OCH3 is 1. The van der Waals surface area contributed by atoms with Gasteiger partial charge in [-0.05, 0) is 72.8 Å². The van der Waals surface area contributed by atoms with E-state index in [0.717, 1.165) is 18.2 Å². The van der Waals surface area contributed by atoms with E-state index in [1.165, 1.54) is 0 Å². The van der Waals surface area contributed by atoms with Gasteiger partial charge in [0, 0.05) is 0 Å². The number of rotatable bonds is 2. The van der Waals surface area contributed by atoms with Crippen molar-refractivity contribution in [2.45, 2.75) is 46.6 Å². The number of hydrogen-bond donors (Lipinski definition) is 2.